The highest BCUT2D eigenvalue weighted by molar-refractivity contribution is 5.96. The van der Waals surface area contributed by atoms with Crippen LogP contribution in [0.4, 0.5) is 15.8 Å². The number of hydrogen-bond donors (Lipinski definition) is 1. The lowest BCUT2D eigenvalue weighted by atomic mass is 10.1. The summed E-state index contributed by atoms with van der Waals surface area (Å²) in [5.74, 6) is -0.496. The van der Waals surface area contributed by atoms with Crippen molar-refractivity contribution in [2.24, 2.45) is 0 Å². The monoisotopic (exact) mass is 354 g/mol. The fourth-order valence-electron chi connectivity index (χ4n) is 3.29. The predicted molar refractivity (Wildman–Crippen MR) is 101 cm³/mol. The van der Waals surface area contributed by atoms with Crippen LogP contribution in [-0.4, -0.2) is 18.4 Å². The van der Waals surface area contributed by atoms with Crippen molar-refractivity contribution in [3.05, 3.63) is 59.4 Å². The molecule has 0 aliphatic carbocycles. The number of halogens is 1. The van der Waals surface area contributed by atoms with E-state index in [1.165, 1.54) is 6.07 Å². The van der Waals surface area contributed by atoms with E-state index in [2.05, 4.69) is 5.32 Å². The number of carbonyl (C=O) groups is 2. The molecule has 1 aliphatic heterocycles. The first kappa shape index (κ1) is 18.1. The van der Waals surface area contributed by atoms with Crippen LogP contribution in [0, 0.1) is 12.7 Å². The van der Waals surface area contributed by atoms with Gasteiger partial charge in [-0.1, -0.05) is 24.6 Å². The van der Waals surface area contributed by atoms with Crippen LogP contribution < -0.4 is 10.2 Å². The number of rotatable bonds is 4. The van der Waals surface area contributed by atoms with Gasteiger partial charge in [-0.25, -0.2) is 4.39 Å². The molecule has 2 aromatic carbocycles. The third-order valence-electron chi connectivity index (χ3n) is 4.65. The van der Waals surface area contributed by atoms with Gasteiger partial charge in [0.05, 0.1) is 6.42 Å². The van der Waals surface area contributed by atoms with Gasteiger partial charge in [0.1, 0.15) is 5.82 Å². The normalized spacial score (nSPS) is 14.8. The van der Waals surface area contributed by atoms with Crippen LogP contribution in [0.5, 0.6) is 0 Å². The molecular formula is C21H23FN2O2. The summed E-state index contributed by atoms with van der Waals surface area (Å²) in [5.41, 5.74) is 2.84. The fraction of sp³-hybridized carbons (Fsp3) is 0.333. The maximum Gasteiger partial charge on any atom is 0.228 e. The van der Waals surface area contributed by atoms with Crippen molar-refractivity contribution in [2.45, 2.75) is 39.0 Å². The van der Waals surface area contributed by atoms with E-state index in [9.17, 15) is 14.0 Å². The van der Waals surface area contributed by atoms with Gasteiger partial charge < -0.3 is 10.2 Å². The predicted octanol–water partition coefficient (Wildman–Crippen LogP) is 4.22. The number of carbonyl (C=O) groups excluding carboxylic acids is 2. The van der Waals surface area contributed by atoms with Gasteiger partial charge in [0, 0.05) is 24.3 Å². The molecule has 2 amide bonds. The Kier molecular flexibility index (Phi) is 5.66. The van der Waals surface area contributed by atoms with Crippen LogP contribution in [0.2, 0.25) is 0 Å². The van der Waals surface area contributed by atoms with Gasteiger partial charge in [0.25, 0.3) is 0 Å². The van der Waals surface area contributed by atoms with E-state index < -0.39 is 0 Å². The summed E-state index contributed by atoms with van der Waals surface area (Å²) in [6.07, 6.45) is 3.59. The van der Waals surface area contributed by atoms with Crippen molar-refractivity contribution in [1.29, 1.82) is 0 Å². The fourth-order valence-corrected chi connectivity index (χ4v) is 3.29. The summed E-state index contributed by atoms with van der Waals surface area (Å²) in [7, 11) is 0. The molecule has 1 saturated heterocycles. The number of hydrogen-bond acceptors (Lipinski definition) is 2. The van der Waals surface area contributed by atoms with Gasteiger partial charge in [-0.05, 0) is 55.2 Å². The van der Waals surface area contributed by atoms with Crippen molar-refractivity contribution >= 4 is 23.2 Å². The minimum atomic E-state index is -0.381. The van der Waals surface area contributed by atoms with E-state index in [1.54, 1.807) is 24.3 Å². The molecule has 0 unspecified atom stereocenters. The van der Waals surface area contributed by atoms with E-state index in [-0.39, 0.29) is 24.1 Å². The summed E-state index contributed by atoms with van der Waals surface area (Å²) < 4.78 is 13.7. The first-order valence-electron chi connectivity index (χ1n) is 8.99. The van der Waals surface area contributed by atoms with Gasteiger partial charge in [-0.2, -0.15) is 0 Å². The van der Waals surface area contributed by atoms with Gasteiger partial charge in [0.2, 0.25) is 11.8 Å². The average molecular weight is 354 g/mol. The third kappa shape index (κ3) is 4.28. The Bertz CT molecular complexity index is 819. The average Bonchev–Trinajstić information content (AvgIpc) is 2.82. The van der Waals surface area contributed by atoms with Gasteiger partial charge in [-0.15, -0.1) is 0 Å². The molecule has 0 aromatic heterocycles. The Balaban J connectivity index is 1.70. The van der Waals surface area contributed by atoms with Crippen LogP contribution in [0.3, 0.4) is 0 Å². The molecule has 0 spiro atoms. The molecule has 4 nitrogen and oxygen atoms in total. The van der Waals surface area contributed by atoms with Crippen molar-refractivity contribution < 1.29 is 14.0 Å². The molecule has 2 aromatic rings. The van der Waals surface area contributed by atoms with Gasteiger partial charge in [-0.3, -0.25) is 9.59 Å². The Labute approximate surface area is 153 Å². The number of benzene rings is 2. The molecule has 5 heteroatoms. The molecule has 0 atom stereocenters. The van der Waals surface area contributed by atoms with E-state index in [4.69, 9.17) is 0 Å². The molecule has 0 saturated carbocycles. The highest BCUT2D eigenvalue weighted by Gasteiger charge is 2.20. The second-order valence-corrected chi connectivity index (χ2v) is 6.67. The molecule has 26 heavy (non-hydrogen) atoms. The number of aryl methyl sites for hydroxylation is 1. The molecule has 1 fully saturated rings. The van der Waals surface area contributed by atoms with Gasteiger partial charge in [0.15, 0.2) is 0 Å². The first-order chi connectivity index (χ1) is 12.5. The highest BCUT2D eigenvalue weighted by Crippen LogP contribution is 2.27. The lowest BCUT2D eigenvalue weighted by molar-refractivity contribution is -0.118. The van der Waals surface area contributed by atoms with Crippen molar-refractivity contribution in [3.8, 4) is 0 Å². The first-order valence-corrected chi connectivity index (χ1v) is 8.99. The Morgan fingerprint density at radius 1 is 1.15 bits per heavy atom. The smallest absolute Gasteiger partial charge is 0.228 e. The zero-order valence-electron chi connectivity index (χ0n) is 14.9. The summed E-state index contributed by atoms with van der Waals surface area (Å²) in [6.45, 7) is 2.67. The molecule has 0 bridgehead atoms. The Morgan fingerprint density at radius 3 is 2.73 bits per heavy atom. The molecule has 1 aliphatic rings. The summed E-state index contributed by atoms with van der Waals surface area (Å²) in [5, 5.41) is 2.80. The number of nitrogens with one attached hydrogen (secondary N) is 1. The lowest BCUT2D eigenvalue weighted by Crippen LogP contribution is -2.30. The molecule has 3 rings (SSSR count). The van der Waals surface area contributed by atoms with E-state index >= 15 is 0 Å². The molecule has 136 valence electrons. The number of nitrogens with zero attached hydrogens (tertiary/aromatic N) is 1. The van der Waals surface area contributed by atoms with Crippen molar-refractivity contribution in [1.82, 2.24) is 0 Å². The molecule has 1 heterocycles. The highest BCUT2D eigenvalue weighted by atomic mass is 19.1. The Hall–Kier alpha value is -2.69. The standard InChI is InChI=1S/C21H23FN2O2/c1-15-13-17(23-20(25)14-16-7-4-5-8-18(16)22)10-11-19(15)24-12-6-2-3-9-21(24)26/h4-5,7-8,10-11,13H,2-3,6,9,12,14H2,1H3,(H,23,25). The van der Waals surface area contributed by atoms with Crippen LogP contribution in [0.25, 0.3) is 0 Å². The van der Waals surface area contributed by atoms with Crippen molar-refractivity contribution in [2.75, 3.05) is 16.8 Å². The molecule has 1 N–H and O–H groups in total. The maximum absolute atomic E-state index is 13.7. The van der Waals surface area contributed by atoms with E-state index in [0.29, 0.717) is 17.7 Å². The van der Waals surface area contributed by atoms with Gasteiger partial charge >= 0.3 is 0 Å². The van der Waals surface area contributed by atoms with E-state index in [1.807, 2.05) is 24.0 Å². The number of amides is 2. The lowest BCUT2D eigenvalue weighted by Gasteiger charge is -2.23. The quantitative estimate of drug-likeness (QED) is 0.894. The zero-order valence-corrected chi connectivity index (χ0v) is 14.9. The van der Waals surface area contributed by atoms with Crippen LogP contribution in [0.1, 0.15) is 36.8 Å². The minimum absolute atomic E-state index is 0.0158. The Morgan fingerprint density at radius 2 is 1.96 bits per heavy atom. The summed E-state index contributed by atoms with van der Waals surface area (Å²) in [6, 6.07) is 11.8. The largest absolute Gasteiger partial charge is 0.326 e. The summed E-state index contributed by atoms with van der Waals surface area (Å²) in [4.78, 5) is 26.3. The summed E-state index contributed by atoms with van der Waals surface area (Å²) >= 11 is 0. The van der Waals surface area contributed by atoms with Crippen LogP contribution >= 0.6 is 0 Å². The molecule has 0 radical (unpaired) electrons. The zero-order chi connectivity index (χ0) is 18.5. The second-order valence-electron chi connectivity index (χ2n) is 6.67. The van der Waals surface area contributed by atoms with Crippen LogP contribution in [0.15, 0.2) is 42.5 Å². The van der Waals surface area contributed by atoms with Crippen molar-refractivity contribution in [3.63, 3.8) is 0 Å². The topological polar surface area (TPSA) is 49.4 Å². The maximum atomic E-state index is 13.7. The third-order valence-corrected chi connectivity index (χ3v) is 4.65. The van der Waals surface area contributed by atoms with E-state index in [0.717, 1.165) is 37.1 Å². The van der Waals surface area contributed by atoms with Crippen LogP contribution in [-0.2, 0) is 16.0 Å². The number of anilines is 2. The molecular weight excluding hydrogens is 331 g/mol. The second kappa shape index (κ2) is 8.13. The SMILES string of the molecule is Cc1cc(NC(=O)Cc2ccccc2F)ccc1N1CCCCCC1=O. The minimum Gasteiger partial charge on any atom is -0.326 e.